The molecule has 3 aromatic carbocycles. The number of esters is 1. The molecule has 0 N–H and O–H groups in total. The van der Waals surface area contributed by atoms with Crippen LogP contribution in [0.1, 0.15) is 34.8 Å². The zero-order valence-electron chi connectivity index (χ0n) is 19.4. The molecule has 1 amide bonds. The first-order chi connectivity index (χ1) is 16.9. The SMILES string of the molecule is CC(OC(=O)c1cccc(S(=O)(=O)N2CCc3ccccc32)c1)C(=O)N1CCCc2ccccc21. The molecule has 0 bridgehead atoms. The lowest BCUT2D eigenvalue weighted by Gasteiger charge is -2.31. The van der Waals surface area contributed by atoms with Gasteiger partial charge in [-0.1, -0.05) is 42.5 Å². The first-order valence-corrected chi connectivity index (χ1v) is 13.1. The highest BCUT2D eigenvalue weighted by atomic mass is 32.2. The summed E-state index contributed by atoms with van der Waals surface area (Å²) in [4.78, 5) is 27.6. The van der Waals surface area contributed by atoms with Crippen LogP contribution < -0.4 is 9.21 Å². The Hall–Kier alpha value is -3.65. The monoisotopic (exact) mass is 490 g/mol. The van der Waals surface area contributed by atoms with E-state index in [-0.39, 0.29) is 16.4 Å². The fourth-order valence-corrected chi connectivity index (χ4v) is 6.28. The zero-order valence-corrected chi connectivity index (χ0v) is 20.2. The van der Waals surface area contributed by atoms with Gasteiger partial charge in [0.2, 0.25) is 0 Å². The number of para-hydroxylation sites is 2. The quantitative estimate of drug-likeness (QED) is 0.506. The van der Waals surface area contributed by atoms with Gasteiger partial charge in [0.1, 0.15) is 0 Å². The van der Waals surface area contributed by atoms with Gasteiger partial charge in [0.15, 0.2) is 6.10 Å². The predicted octanol–water partition coefficient (Wildman–Crippen LogP) is 3.96. The predicted molar refractivity (Wildman–Crippen MR) is 133 cm³/mol. The van der Waals surface area contributed by atoms with Crippen LogP contribution in [0.3, 0.4) is 0 Å². The van der Waals surface area contributed by atoms with E-state index in [9.17, 15) is 18.0 Å². The number of ether oxygens (including phenoxy) is 1. The van der Waals surface area contributed by atoms with E-state index in [1.807, 2.05) is 36.4 Å². The van der Waals surface area contributed by atoms with E-state index in [2.05, 4.69) is 0 Å². The molecule has 0 aromatic heterocycles. The van der Waals surface area contributed by atoms with Crippen molar-refractivity contribution in [3.8, 4) is 0 Å². The molecule has 35 heavy (non-hydrogen) atoms. The first-order valence-electron chi connectivity index (χ1n) is 11.7. The van der Waals surface area contributed by atoms with Crippen molar-refractivity contribution in [2.24, 2.45) is 0 Å². The van der Waals surface area contributed by atoms with Gasteiger partial charge in [-0.25, -0.2) is 13.2 Å². The summed E-state index contributed by atoms with van der Waals surface area (Å²) >= 11 is 0. The zero-order chi connectivity index (χ0) is 24.6. The van der Waals surface area contributed by atoms with Crippen LogP contribution in [0.4, 0.5) is 11.4 Å². The lowest BCUT2D eigenvalue weighted by Crippen LogP contribution is -2.42. The van der Waals surface area contributed by atoms with Gasteiger partial charge in [0, 0.05) is 18.8 Å². The van der Waals surface area contributed by atoms with Gasteiger partial charge in [0.05, 0.1) is 16.1 Å². The van der Waals surface area contributed by atoms with Gasteiger partial charge in [-0.05, 0) is 67.6 Å². The van der Waals surface area contributed by atoms with E-state index < -0.39 is 22.1 Å². The lowest BCUT2D eigenvalue weighted by atomic mass is 10.0. The van der Waals surface area contributed by atoms with Crippen LogP contribution in [0.15, 0.2) is 77.7 Å². The van der Waals surface area contributed by atoms with E-state index in [0.717, 1.165) is 29.7 Å². The summed E-state index contributed by atoms with van der Waals surface area (Å²) in [6, 6.07) is 20.9. The smallest absolute Gasteiger partial charge is 0.338 e. The second-order valence-corrected chi connectivity index (χ2v) is 10.6. The summed E-state index contributed by atoms with van der Waals surface area (Å²) in [5, 5.41) is 0. The Morgan fingerprint density at radius 3 is 2.31 bits per heavy atom. The van der Waals surface area contributed by atoms with Crippen LogP contribution in [0, 0.1) is 0 Å². The maximum Gasteiger partial charge on any atom is 0.338 e. The number of benzene rings is 3. The number of fused-ring (bicyclic) bond motifs is 2. The van der Waals surface area contributed by atoms with Gasteiger partial charge < -0.3 is 9.64 Å². The summed E-state index contributed by atoms with van der Waals surface area (Å²) < 4.78 is 33.5. The van der Waals surface area contributed by atoms with Crippen molar-refractivity contribution < 1.29 is 22.7 Å². The number of hydrogen-bond donors (Lipinski definition) is 0. The standard InChI is InChI=1S/C27H26N2O5S/c1-19(26(30)28-16-7-11-20-8-2-4-13-24(20)28)34-27(31)22-10-6-12-23(18-22)35(32,33)29-17-15-21-9-3-5-14-25(21)29/h2-6,8-10,12-14,18-19H,7,11,15-17H2,1H3. The summed E-state index contributed by atoms with van der Waals surface area (Å²) in [5.74, 6) is -1.04. The highest BCUT2D eigenvalue weighted by Crippen LogP contribution is 2.33. The van der Waals surface area contributed by atoms with E-state index in [4.69, 9.17) is 4.74 Å². The molecule has 7 nitrogen and oxygen atoms in total. The molecule has 5 rings (SSSR count). The van der Waals surface area contributed by atoms with Gasteiger partial charge in [-0.3, -0.25) is 9.10 Å². The summed E-state index contributed by atoms with van der Waals surface area (Å²) in [6.07, 6.45) is 1.36. The van der Waals surface area contributed by atoms with Crippen molar-refractivity contribution >= 4 is 33.3 Å². The van der Waals surface area contributed by atoms with Crippen LogP contribution in [0.2, 0.25) is 0 Å². The van der Waals surface area contributed by atoms with Crippen LogP contribution in [0.5, 0.6) is 0 Å². The Morgan fingerprint density at radius 1 is 0.857 bits per heavy atom. The van der Waals surface area contributed by atoms with Crippen molar-refractivity contribution in [1.82, 2.24) is 0 Å². The van der Waals surface area contributed by atoms with Gasteiger partial charge in [0.25, 0.3) is 15.9 Å². The number of sulfonamides is 1. The number of hydrogen-bond acceptors (Lipinski definition) is 5. The highest BCUT2D eigenvalue weighted by Gasteiger charge is 2.32. The van der Waals surface area contributed by atoms with Crippen LogP contribution in [-0.4, -0.2) is 39.5 Å². The molecule has 1 unspecified atom stereocenters. The fraction of sp³-hybridized carbons (Fsp3) is 0.259. The largest absolute Gasteiger partial charge is 0.449 e. The van der Waals surface area contributed by atoms with Gasteiger partial charge >= 0.3 is 5.97 Å². The average molecular weight is 491 g/mol. The van der Waals surface area contributed by atoms with Gasteiger partial charge in [-0.15, -0.1) is 0 Å². The molecule has 2 aliphatic heterocycles. The normalized spacial score (nSPS) is 15.8. The van der Waals surface area contributed by atoms with Crippen molar-refractivity contribution in [3.63, 3.8) is 0 Å². The second-order valence-electron chi connectivity index (χ2n) is 8.75. The summed E-state index contributed by atoms with van der Waals surface area (Å²) in [6.45, 7) is 2.45. The minimum atomic E-state index is -3.85. The number of aryl methyl sites for hydroxylation is 1. The number of amides is 1. The molecule has 0 saturated heterocycles. The molecular weight excluding hydrogens is 464 g/mol. The molecule has 180 valence electrons. The minimum absolute atomic E-state index is 0.00703. The topological polar surface area (TPSA) is 84.0 Å². The van der Waals surface area contributed by atoms with E-state index in [1.54, 1.807) is 24.0 Å². The molecule has 2 aliphatic rings. The molecule has 0 fully saturated rings. The molecule has 0 spiro atoms. The molecular formula is C27H26N2O5S. The third-order valence-corrected chi connectivity index (χ3v) is 8.32. The maximum absolute atomic E-state index is 13.3. The van der Waals surface area contributed by atoms with Crippen molar-refractivity contribution in [2.45, 2.75) is 37.2 Å². The Morgan fingerprint density at radius 2 is 1.54 bits per heavy atom. The lowest BCUT2D eigenvalue weighted by molar-refractivity contribution is -0.126. The van der Waals surface area contributed by atoms with Crippen molar-refractivity contribution in [3.05, 3.63) is 89.5 Å². The third kappa shape index (κ3) is 4.30. The van der Waals surface area contributed by atoms with Gasteiger partial charge in [-0.2, -0.15) is 0 Å². The van der Waals surface area contributed by atoms with Crippen LogP contribution in [-0.2, 0) is 32.4 Å². The molecule has 1 atom stereocenters. The van der Waals surface area contributed by atoms with E-state index in [0.29, 0.717) is 25.2 Å². The third-order valence-electron chi connectivity index (χ3n) is 6.51. The van der Waals surface area contributed by atoms with Crippen molar-refractivity contribution in [1.29, 1.82) is 0 Å². The Kier molecular flexibility index (Phi) is 6.06. The van der Waals surface area contributed by atoms with Crippen LogP contribution >= 0.6 is 0 Å². The molecule has 8 heteroatoms. The fourth-order valence-electron chi connectivity index (χ4n) is 4.73. The van der Waals surface area contributed by atoms with E-state index in [1.165, 1.54) is 28.6 Å². The average Bonchev–Trinajstić information content (AvgIpc) is 3.33. The summed E-state index contributed by atoms with van der Waals surface area (Å²) in [5.41, 5.74) is 3.63. The van der Waals surface area contributed by atoms with E-state index >= 15 is 0 Å². The number of carbonyl (C=O) groups excluding carboxylic acids is 2. The molecule has 0 saturated carbocycles. The Labute approximate surface area is 205 Å². The maximum atomic E-state index is 13.3. The first kappa shape index (κ1) is 23.1. The number of anilines is 2. The number of nitrogens with zero attached hydrogens (tertiary/aromatic N) is 2. The highest BCUT2D eigenvalue weighted by molar-refractivity contribution is 7.92. The Bertz CT molecular complexity index is 1400. The number of carbonyl (C=O) groups is 2. The summed E-state index contributed by atoms with van der Waals surface area (Å²) in [7, 11) is -3.85. The molecule has 0 aliphatic carbocycles. The molecule has 0 radical (unpaired) electrons. The Balaban J connectivity index is 1.33. The van der Waals surface area contributed by atoms with Crippen molar-refractivity contribution in [2.75, 3.05) is 22.3 Å². The number of rotatable bonds is 5. The molecule has 3 aromatic rings. The van der Waals surface area contributed by atoms with Crippen LogP contribution in [0.25, 0.3) is 0 Å². The molecule has 2 heterocycles. The second kappa shape index (κ2) is 9.19. The minimum Gasteiger partial charge on any atom is -0.449 e.